The number of benzene rings is 3. The van der Waals surface area contributed by atoms with Crippen LogP contribution >= 0.6 is 0 Å². The third kappa shape index (κ3) is 7.41. The summed E-state index contributed by atoms with van der Waals surface area (Å²) >= 11 is 0. The van der Waals surface area contributed by atoms with Gasteiger partial charge in [0, 0.05) is 23.2 Å². The Bertz CT molecular complexity index is 1840. The SMILES string of the molecule is COc1ccc(C(C#N)(CCCN(C)CCS(=O)(=O)Cc2cccc3c(=O)c(C)c(-c4ccccc4)oc23)C(C)C)cc1OC. The Morgan fingerprint density at radius 2 is 1.69 bits per heavy atom. The minimum atomic E-state index is -3.53. The number of para-hydroxylation sites is 1. The molecule has 238 valence electrons. The number of nitrogens with zero attached hydrogens (tertiary/aromatic N) is 2. The molecule has 0 aliphatic heterocycles. The van der Waals surface area contributed by atoms with Gasteiger partial charge in [0.1, 0.15) is 11.3 Å². The highest BCUT2D eigenvalue weighted by Crippen LogP contribution is 2.40. The number of rotatable bonds is 14. The van der Waals surface area contributed by atoms with E-state index in [0.717, 1.165) is 11.1 Å². The molecule has 1 unspecified atom stereocenters. The molecule has 4 aromatic rings. The minimum Gasteiger partial charge on any atom is -0.493 e. The molecular weight excluding hydrogens is 588 g/mol. The second-order valence-corrected chi connectivity index (χ2v) is 14.0. The van der Waals surface area contributed by atoms with E-state index in [1.165, 1.54) is 0 Å². The van der Waals surface area contributed by atoms with Crippen LogP contribution in [-0.4, -0.2) is 53.4 Å². The maximum absolute atomic E-state index is 13.3. The fraction of sp³-hybridized carbons (Fsp3) is 0.389. The van der Waals surface area contributed by atoms with E-state index in [9.17, 15) is 18.5 Å². The summed E-state index contributed by atoms with van der Waals surface area (Å²) < 4.78 is 43.7. The van der Waals surface area contributed by atoms with Crippen molar-refractivity contribution in [3.8, 4) is 28.9 Å². The molecular formula is C36H42N2O6S. The maximum atomic E-state index is 13.3. The summed E-state index contributed by atoms with van der Waals surface area (Å²) in [6.07, 6.45) is 1.30. The van der Waals surface area contributed by atoms with Crippen LogP contribution in [0.2, 0.25) is 0 Å². The molecule has 0 spiro atoms. The molecule has 1 aromatic heterocycles. The topological polar surface area (TPSA) is 110 Å². The molecule has 9 heteroatoms. The first-order valence-corrected chi connectivity index (χ1v) is 16.9. The van der Waals surface area contributed by atoms with Gasteiger partial charge in [-0.1, -0.05) is 62.4 Å². The first kappa shape index (κ1) is 33.8. The van der Waals surface area contributed by atoms with Crippen LogP contribution in [0.5, 0.6) is 11.5 Å². The monoisotopic (exact) mass is 630 g/mol. The molecule has 0 radical (unpaired) electrons. The Labute approximate surface area is 266 Å². The van der Waals surface area contributed by atoms with E-state index in [-0.39, 0.29) is 22.9 Å². The Kier molecular flexibility index (Phi) is 10.7. The van der Waals surface area contributed by atoms with E-state index < -0.39 is 15.3 Å². The van der Waals surface area contributed by atoms with Crippen molar-refractivity contribution in [2.75, 3.05) is 40.1 Å². The zero-order chi connectivity index (χ0) is 32.8. The van der Waals surface area contributed by atoms with Crippen LogP contribution in [0.1, 0.15) is 43.4 Å². The molecule has 0 amide bonds. The fourth-order valence-corrected chi connectivity index (χ4v) is 7.26. The molecule has 0 N–H and O–H groups in total. The first-order valence-electron chi connectivity index (χ1n) is 15.1. The van der Waals surface area contributed by atoms with Gasteiger partial charge in [0.25, 0.3) is 0 Å². The number of hydrogen-bond donors (Lipinski definition) is 0. The summed E-state index contributed by atoms with van der Waals surface area (Å²) in [6, 6.07) is 22.6. The summed E-state index contributed by atoms with van der Waals surface area (Å²) in [4.78, 5) is 15.2. The molecule has 3 aromatic carbocycles. The van der Waals surface area contributed by atoms with Crippen molar-refractivity contribution in [3.63, 3.8) is 0 Å². The molecule has 1 atom stereocenters. The van der Waals surface area contributed by atoms with Gasteiger partial charge in [-0.3, -0.25) is 4.79 Å². The van der Waals surface area contributed by atoms with Crippen LogP contribution in [-0.2, 0) is 21.0 Å². The molecule has 0 saturated carbocycles. The normalized spacial score (nSPS) is 13.1. The average molecular weight is 631 g/mol. The summed E-state index contributed by atoms with van der Waals surface area (Å²) in [5.74, 6) is 1.39. The number of hydrogen-bond acceptors (Lipinski definition) is 8. The molecule has 0 saturated heterocycles. The van der Waals surface area contributed by atoms with Crippen molar-refractivity contribution in [2.24, 2.45) is 5.92 Å². The number of nitriles is 1. The summed E-state index contributed by atoms with van der Waals surface area (Å²) in [5.41, 5.74) is 1.99. The lowest BCUT2D eigenvalue weighted by atomic mass is 9.69. The quantitative estimate of drug-likeness (QED) is 0.155. The smallest absolute Gasteiger partial charge is 0.196 e. The third-order valence-corrected chi connectivity index (χ3v) is 10.2. The van der Waals surface area contributed by atoms with Gasteiger partial charge >= 0.3 is 0 Å². The van der Waals surface area contributed by atoms with Crippen molar-refractivity contribution in [1.82, 2.24) is 4.90 Å². The Hall–Kier alpha value is -4.13. The zero-order valence-electron chi connectivity index (χ0n) is 26.9. The van der Waals surface area contributed by atoms with Crippen LogP contribution in [0.25, 0.3) is 22.3 Å². The highest BCUT2D eigenvalue weighted by atomic mass is 32.2. The predicted molar refractivity (Wildman–Crippen MR) is 179 cm³/mol. The lowest BCUT2D eigenvalue weighted by Crippen LogP contribution is -2.33. The molecule has 0 fully saturated rings. The van der Waals surface area contributed by atoms with Crippen LogP contribution in [0.15, 0.2) is 75.9 Å². The van der Waals surface area contributed by atoms with Crippen LogP contribution < -0.4 is 14.9 Å². The predicted octanol–water partition coefficient (Wildman–Crippen LogP) is 6.53. The van der Waals surface area contributed by atoms with Crippen molar-refractivity contribution < 1.29 is 22.3 Å². The Morgan fingerprint density at radius 3 is 2.33 bits per heavy atom. The van der Waals surface area contributed by atoms with Crippen molar-refractivity contribution >= 4 is 20.8 Å². The summed E-state index contributed by atoms with van der Waals surface area (Å²) in [7, 11) is 1.51. The van der Waals surface area contributed by atoms with Gasteiger partial charge in [0.15, 0.2) is 26.8 Å². The summed E-state index contributed by atoms with van der Waals surface area (Å²) in [6.45, 7) is 6.76. The third-order valence-electron chi connectivity index (χ3n) is 8.62. The Morgan fingerprint density at radius 1 is 0.978 bits per heavy atom. The van der Waals surface area contributed by atoms with E-state index in [1.807, 2.05) is 74.3 Å². The molecule has 0 aliphatic rings. The second-order valence-electron chi connectivity index (χ2n) is 11.9. The van der Waals surface area contributed by atoms with Gasteiger partial charge in [-0.2, -0.15) is 5.26 Å². The molecule has 45 heavy (non-hydrogen) atoms. The summed E-state index contributed by atoms with van der Waals surface area (Å²) in [5, 5.41) is 10.7. The van der Waals surface area contributed by atoms with E-state index in [0.29, 0.717) is 65.3 Å². The first-order chi connectivity index (χ1) is 21.5. The Balaban J connectivity index is 1.44. The van der Waals surface area contributed by atoms with Crippen LogP contribution in [0, 0.1) is 24.2 Å². The average Bonchev–Trinajstić information content (AvgIpc) is 3.04. The second kappa shape index (κ2) is 14.3. The van der Waals surface area contributed by atoms with Gasteiger partial charge in [0.2, 0.25) is 0 Å². The van der Waals surface area contributed by atoms with Crippen LogP contribution in [0.3, 0.4) is 0 Å². The van der Waals surface area contributed by atoms with E-state index >= 15 is 0 Å². The largest absolute Gasteiger partial charge is 0.493 e. The van der Waals surface area contributed by atoms with Crippen molar-refractivity contribution in [3.05, 3.63) is 93.6 Å². The molecule has 4 rings (SSSR count). The van der Waals surface area contributed by atoms with E-state index in [4.69, 9.17) is 13.9 Å². The lowest BCUT2D eigenvalue weighted by Gasteiger charge is -2.32. The van der Waals surface area contributed by atoms with Crippen molar-refractivity contribution in [1.29, 1.82) is 5.26 Å². The van der Waals surface area contributed by atoms with Crippen LogP contribution in [0.4, 0.5) is 0 Å². The van der Waals surface area contributed by atoms with Gasteiger partial charge in [-0.05, 0) is 63.0 Å². The zero-order valence-corrected chi connectivity index (χ0v) is 27.7. The lowest BCUT2D eigenvalue weighted by molar-refractivity contribution is 0.299. The molecule has 8 nitrogen and oxygen atoms in total. The van der Waals surface area contributed by atoms with Gasteiger partial charge in [-0.15, -0.1) is 0 Å². The highest BCUT2D eigenvalue weighted by Gasteiger charge is 2.36. The molecule has 0 bridgehead atoms. The molecule has 0 aliphatic carbocycles. The maximum Gasteiger partial charge on any atom is 0.196 e. The van der Waals surface area contributed by atoms with Gasteiger partial charge in [0.05, 0.1) is 42.6 Å². The number of ether oxygens (including phenoxy) is 2. The molecule has 1 heterocycles. The number of methoxy groups -OCH3 is 2. The highest BCUT2D eigenvalue weighted by molar-refractivity contribution is 7.90. The number of fused-ring (bicyclic) bond motifs is 1. The fourth-order valence-electron chi connectivity index (χ4n) is 5.82. The van der Waals surface area contributed by atoms with Crippen molar-refractivity contribution in [2.45, 2.75) is 44.8 Å². The van der Waals surface area contributed by atoms with E-state index in [2.05, 4.69) is 6.07 Å². The standard InChI is InChI=1S/C36H42N2O6S/c1-25(2)36(24-37,29-16-17-31(42-5)32(22-29)43-6)18-11-19-38(4)20-21-45(40,41)23-28-14-10-15-30-33(39)26(3)34(44-35(28)30)27-12-8-7-9-13-27/h7-10,12-17,22,25H,11,18-21,23H2,1-6H3. The number of sulfone groups is 1. The minimum absolute atomic E-state index is 0.0400. The van der Waals surface area contributed by atoms with E-state index in [1.54, 1.807) is 39.3 Å². The van der Waals surface area contributed by atoms with Gasteiger partial charge in [-0.25, -0.2) is 8.42 Å². The van der Waals surface area contributed by atoms with Gasteiger partial charge < -0.3 is 18.8 Å².